The molecule has 1 fully saturated rings. The molecule has 5 nitrogen and oxygen atoms in total. The first-order valence-electron chi connectivity index (χ1n) is 7.54. The average Bonchev–Trinajstić information content (AvgIpc) is 3.17. The standard InChI is InChI=1S/C17H19N3O2/c1-13(14-6-3-2-4-7-14)20-12-18-10-15(20)16(21)11-19-9-5-8-17(19)22/h2-4,6-7,10,12-13H,5,8-9,11H2,1H3. The fourth-order valence-corrected chi connectivity index (χ4v) is 2.85. The molecular weight excluding hydrogens is 278 g/mol. The minimum absolute atomic E-state index is 0.0249. The van der Waals surface area contributed by atoms with Crippen molar-refractivity contribution in [1.82, 2.24) is 14.5 Å². The second-order valence-electron chi connectivity index (χ2n) is 5.61. The predicted molar refractivity (Wildman–Crippen MR) is 82.6 cm³/mol. The van der Waals surface area contributed by atoms with Crippen molar-refractivity contribution in [2.75, 3.05) is 13.1 Å². The topological polar surface area (TPSA) is 55.2 Å². The first-order valence-corrected chi connectivity index (χ1v) is 7.54. The second kappa shape index (κ2) is 6.13. The molecule has 0 saturated carbocycles. The highest BCUT2D eigenvalue weighted by Crippen LogP contribution is 2.20. The van der Waals surface area contributed by atoms with Crippen molar-refractivity contribution in [3.8, 4) is 0 Å². The molecule has 1 aliphatic heterocycles. The van der Waals surface area contributed by atoms with Crippen molar-refractivity contribution < 1.29 is 9.59 Å². The third kappa shape index (κ3) is 2.79. The summed E-state index contributed by atoms with van der Waals surface area (Å²) >= 11 is 0. The van der Waals surface area contributed by atoms with Crippen LogP contribution in [-0.2, 0) is 4.79 Å². The van der Waals surface area contributed by atoms with E-state index in [0.29, 0.717) is 18.7 Å². The molecule has 1 aliphatic rings. The minimum atomic E-state index is -0.0597. The van der Waals surface area contributed by atoms with Crippen LogP contribution in [0.1, 0.15) is 41.9 Å². The zero-order valence-electron chi connectivity index (χ0n) is 12.6. The zero-order valence-corrected chi connectivity index (χ0v) is 12.6. The summed E-state index contributed by atoms with van der Waals surface area (Å²) in [4.78, 5) is 29.9. The number of aromatic nitrogens is 2. The van der Waals surface area contributed by atoms with E-state index in [4.69, 9.17) is 0 Å². The summed E-state index contributed by atoms with van der Waals surface area (Å²) in [5, 5.41) is 0. The summed E-state index contributed by atoms with van der Waals surface area (Å²) in [6, 6.07) is 10.0. The molecule has 1 amide bonds. The van der Waals surface area contributed by atoms with Gasteiger partial charge in [-0.1, -0.05) is 30.3 Å². The van der Waals surface area contributed by atoms with Crippen LogP contribution in [0.15, 0.2) is 42.9 Å². The number of amides is 1. The number of Topliss-reactive ketones (excluding diaryl/α,β-unsaturated/α-hetero) is 1. The molecule has 1 saturated heterocycles. The third-order valence-electron chi connectivity index (χ3n) is 4.16. The molecule has 0 spiro atoms. The zero-order chi connectivity index (χ0) is 15.5. The van der Waals surface area contributed by atoms with Gasteiger partial charge in [-0.05, 0) is 18.9 Å². The Morgan fingerprint density at radius 3 is 2.77 bits per heavy atom. The normalized spacial score (nSPS) is 16.0. The van der Waals surface area contributed by atoms with Gasteiger partial charge in [0.2, 0.25) is 5.91 Å². The van der Waals surface area contributed by atoms with Crippen molar-refractivity contribution in [3.05, 3.63) is 54.1 Å². The van der Waals surface area contributed by atoms with Gasteiger partial charge in [0, 0.05) is 13.0 Å². The lowest BCUT2D eigenvalue weighted by Crippen LogP contribution is -2.32. The molecule has 3 rings (SSSR count). The second-order valence-corrected chi connectivity index (χ2v) is 5.61. The minimum Gasteiger partial charge on any atom is -0.335 e. The summed E-state index contributed by atoms with van der Waals surface area (Å²) < 4.78 is 1.87. The molecule has 2 heterocycles. The maximum absolute atomic E-state index is 12.5. The number of rotatable bonds is 5. The molecule has 0 radical (unpaired) electrons. The monoisotopic (exact) mass is 297 g/mol. The van der Waals surface area contributed by atoms with Crippen molar-refractivity contribution in [2.45, 2.75) is 25.8 Å². The van der Waals surface area contributed by atoms with E-state index >= 15 is 0 Å². The molecule has 2 aromatic rings. The summed E-state index contributed by atoms with van der Waals surface area (Å²) in [5.41, 5.74) is 1.67. The number of ketones is 1. The average molecular weight is 297 g/mol. The van der Waals surface area contributed by atoms with Crippen molar-refractivity contribution in [2.24, 2.45) is 0 Å². The maximum Gasteiger partial charge on any atom is 0.223 e. The van der Waals surface area contributed by atoms with E-state index in [1.807, 2.05) is 41.8 Å². The number of carbonyl (C=O) groups excluding carboxylic acids is 2. The number of hydrogen-bond acceptors (Lipinski definition) is 3. The smallest absolute Gasteiger partial charge is 0.223 e. The van der Waals surface area contributed by atoms with E-state index in [0.717, 1.165) is 12.0 Å². The molecule has 22 heavy (non-hydrogen) atoms. The Labute approximate surface area is 129 Å². The summed E-state index contributed by atoms with van der Waals surface area (Å²) in [7, 11) is 0. The lowest BCUT2D eigenvalue weighted by atomic mass is 10.1. The maximum atomic E-state index is 12.5. The Balaban J connectivity index is 1.79. The van der Waals surface area contributed by atoms with Gasteiger partial charge in [-0.2, -0.15) is 0 Å². The van der Waals surface area contributed by atoms with Gasteiger partial charge in [-0.25, -0.2) is 4.98 Å². The van der Waals surface area contributed by atoms with Crippen LogP contribution < -0.4 is 0 Å². The van der Waals surface area contributed by atoms with Gasteiger partial charge in [0.05, 0.1) is 25.1 Å². The highest BCUT2D eigenvalue weighted by Gasteiger charge is 2.25. The number of benzene rings is 1. The molecule has 1 aromatic heterocycles. The lowest BCUT2D eigenvalue weighted by Gasteiger charge is -2.18. The number of imidazole rings is 1. The summed E-state index contributed by atoms with van der Waals surface area (Å²) in [5.74, 6) is 0.00561. The molecule has 0 bridgehead atoms. The highest BCUT2D eigenvalue weighted by atomic mass is 16.2. The van der Waals surface area contributed by atoms with Gasteiger partial charge in [-0.3, -0.25) is 9.59 Å². The van der Waals surface area contributed by atoms with E-state index in [1.54, 1.807) is 17.4 Å². The summed E-state index contributed by atoms with van der Waals surface area (Å²) in [6.07, 6.45) is 4.65. The predicted octanol–water partition coefficient (Wildman–Crippen LogP) is 2.30. The SMILES string of the molecule is CC(c1ccccc1)n1cncc1C(=O)CN1CCCC1=O. The third-order valence-corrected chi connectivity index (χ3v) is 4.16. The quantitative estimate of drug-likeness (QED) is 0.796. The van der Waals surface area contributed by atoms with Gasteiger partial charge >= 0.3 is 0 Å². The Hall–Kier alpha value is -2.43. The molecule has 1 aromatic carbocycles. The van der Waals surface area contributed by atoms with Crippen LogP contribution in [0, 0.1) is 0 Å². The van der Waals surface area contributed by atoms with Gasteiger partial charge in [0.25, 0.3) is 0 Å². The number of hydrogen-bond donors (Lipinski definition) is 0. The molecule has 1 atom stereocenters. The first kappa shape index (κ1) is 14.5. The van der Waals surface area contributed by atoms with E-state index in [1.165, 1.54) is 0 Å². The number of likely N-dealkylation sites (tertiary alicyclic amines) is 1. The van der Waals surface area contributed by atoms with Crippen LogP contribution in [0.3, 0.4) is 0 Å². The van der Waals surface area contributed by atoms with Gasteiger partial charge in [-0.15, -0.1) is 0 Å². The van der Waals surface area contributed by atoms with Crippen LogP contribution in [0.25, 0.3) is 0 Å². The summed E-state index contributed by atoms with van der Waals surface area (Å²) in [6.45, 7) is 2.85. The van der Waals surface area contributed by atoms with Crippen molar-refractivity contribution in [3.63, 3.8) is 0 Å². The Morgan fingerprint density at radius 2 is 2.09 bits per heavy atom. The molecule has 5 heteroatoms. The van der Waals surface area contributed by atoms with Crippen LogP contribution in [0.4, 0.5) is 0 Å². The molecule has 0 N–H and O–H groups in total. The van der Waals surface area contributed by atoms with Crippen molar-refractivity contribution >= 4 is 11.7 Å². The van der Waals surface area contributed by atoms with Crippen molar-refractivity contribution in [1.29, 1.82) is 0 Å². The molecule has 114 valence electrons. The van der Waals surface area contributed by atoms with E-state index in [-0.39, 0.29) is 24.3 Å². The van der Waals surface area contributed by atoms with E-state index in [9.17, 15) is 9.59 Å². The van der Waals surface area contributed by atoms with Crippen LogP contribution in [0.2, 0.25) is 0 Å². The number of nitrogens with zero attached hydrogens (tertiary/aromatic N) is 3. The highest BCUT2D eigenvalue weighted by molar-refractivity contribution is 5.98. The fourth-order valence-electron chi connectivity index (χ4n) is 2.85. The molecule has 0 aliphatic carbocycles. The fraction of sp³-hybridized carbons (Fsp3) is 0.353. The Kier molecular flexibility index (Phi) is 4.04. The van der Waals surface area contributed by atoms with E-state index in [2.05, 4.69) is 4.98 Å². The van der Waals surface area contributed by atoms with Gasteiger partial charge in [0.15, 0.2) is 5.78 Å². The van der Waals surface area contributed by atoms with E-state index < -0.39 is 0 Å². The molecule has 1 unspecified atom stereocenters. The van der Waals surface area contributed by atoms with Crippen LogP contribution in [-0.4, -0.2) is 39.2 Å². The van der Waals surface area contributed by atoms with Gasteiger partial charge < -0.3 is 9.47 Å². The van der Waals surface area contributed by atoms with Crippen LogP contribution >= 0.6 is 0 Å². The van der Waals surface area contributed by atoms with Gasteiger partial charge in [0.1, 0.15) is 5.69 Å². The Bertz CT molecular complexity index is 678. The molecular formula is C17H19N3O2. The Morgan fingerprint density at radius 1 is 1.32 bits per heavy atom. The lowest BCUT2D eigenvalue weighted by molar-refractivity contribution is -0.127. The largest absolute Gasteiger partial charge is 0.335 e. The number of carbonyl (C=O) groups is 2. The first-order chi connectivity index (χ1) is 10.7. The van der Waals surface area contributed by atoms with Crippen LogP contribution in [0.5, 0.6) is 0 Å².